The fourth-order valence-electron chi connectivity index (χ4n) is 3.00. The van der Waals surface area contributed by atoms with Gasteiger partial charge in [-0.25, -0.2) is 13.6 Å². The van der Waals surface area contributed by atoms with Crippen LogP contribution in [-0.4, -0.2) is 36.9 Å². The van der Waals surface area contributed by atoms with E-state index >= 15 is 0 Å². The molecule has 0 saturated carbocycles. The zero-order valence-electron chi connectivity index (χ0n) is 15.8. The molecule has 1 aliphatic heterocycles. The second-order valence-electron chi connectivity index (χ2n) is 6.68. The quantitative estimate of drug-likeness (QED) is 0.338. The summed E-state index contributed by atoms with van der Waals surface area (Å²) in [6, 6.07) is 7.31. The highest BCUT2D eigenvalue weighted by molar-refractivity contribution is 14.1. The smallest absolute Gasteiger partial charge is 0.328 e. The Kier molecular flexibility index (Phi) is 7.39. The van der Waals surface area contributed by atoms with E-state index in [1.165, 1.54) is 6.07 Å². The second-order valence-corrected chi connectivity index (χ2v) is 10.0. The lowest BCUT2D eigenvalue weighted by molar-refractivity contribution is -0.131. The molecule has 0 atom stereocenters. The van der Waals surface area contributed by atoms with Gasteiger partial charge in [0, 0.05) is 22.7 Å². The molecule has 166 valence electrons. The summed E-state index contributed by atoms with van der Waals surface area (Å²) in [4.78, 5) is 10.7. The van der Waals surface area contributed by atoms with E-state index in [-0.39, 0.29) is 31.6 Å². The number of aliphatic carboxylic acids is 1. The zero-order chi connectivity index (χ0) is 22.8. The van der Waals surface area contributed by atoms with Gasteiger partial charge in [0.25, 0.3) is 0 Å². The van der Waals surface area contributed by atoms with Crippen molar-refractivity contribution in [2.24, 2.45) is 0 Å². The second kappa shape index (κ2) is 9.67. The van der Waals surface area contributed by atoms with Crippen LogP contribution in [0.3, 0.4) is 0 Å². The van der Waals surface area contributed by atoms with Crippen LogP contribution in [0, 0.1) is 15.2 Å². The molecule has 0 aromatic heterocycles. The molecule has 0 unspecified atom stereocenters. The van der Waals surface area contributed by atoms with E-state index < -0.39 is 33.5 Å². The molecule has 1 aliphatic rings. The van der Waals surface area contributed by atoms with Gasteiger partial charge in [0.15, 0.2) is 11.6 Å². The third-order valence-electron chi connectivity index (χ3n) is 4.55. The van der Waals surface area contributed by atoms with E-state index in [4.69, 9.17) is 16.7 Å². The Hall–Kier alpha value is -1.96. The number of halogens is 4. The molecule has 1 heterocycles. The molecule has 0 aliphatic carbocycles. The average Bonchev–Trinajstić information content (AvgIpc) is 2.69. The van der Waals surface area contributed by atoms with Crippen molar-refractivity contribution in [3.63, 3.8) is 0 Å². The Morgan fingerprint density at radius 3 is 2.29 bits per heavy atom. The molecule has 0 bridgehead atoms. The van der Waals surface area contributed by atoms with Crippen LogP contribution in [0.2, 0.25) is 5.02 Å². The Bertz CT molecular complexity index is 1150. The predicted octanol–water partition coefficient (Wildman–Crippen LogP) is 4.73. The van der Waals surface area contributed by atoms with Gasteiger partial charge in [-0.1, -0.05) is 17.2 Å². The van der Waals surface area contributed by atoms with Crippen LogP contribution < -0.4 is 10.0 Å². The fraction of sp³-hybridized carbons (Fsp3) is 0.211. The van der Waals surface area contributed by atoms with Crippen LogP contribution in [0.5, 0.6) is 0 Å². The molecule has 31 heavy (non-hydrogen) atoms. The topological polar surface area (TPSA) is 98.7 Å². The van der Waals surface area contributed by atoms with Gasteiger partial charge in [0.2, 0.25) is 0 Å². The summed E-state index contributed by atoms with van der Waals surface area (Å²) in [6.45, 7) is 0.0625. The van der Waals surface area contributed by atoms with Crippen LogP contribution in [0.25, 0.3) is 0 Å². The Labute approximate surface area is 196 Å². The first-order valence-corrected chi connectivity index (χ1v) is 11.9. The van der Waals surface area contributed by atoms with Crippen molar-refractivity contribution in [2.45, 2.75) is 12.8 Å². The van der Waals surface area contributed by atoms with Crippen molar-refractivity contribution in [3.8, 4) is 0 Å². The number of piperidine rings is 1. The summed E-state index contributed by atoms with van der Waals surface area (Å²) >= 11 is 8.16. The number of anilines is 3. The minimum absolute atomic E-state index is 0.0312. The first-order valence-electron chi connectivity index (χ1n) is 8.97. The fourth-order valence-corrected chi connectivity index (χ4v) is 5.13. The molecular weight excluding hydrogens is 567 g/mol. The van der Waals surface area contributed by atoms with Gasteiger partial charge in [0.1, 0.15) is 0 Å². The van der Waals surface area contributed by atoms with Crippen LogP contribution >= 0.6 is 34.2 Å². The molecule has 7 nitrogen and oxygen atoms in total. The SMILES string of the molecule is O=C(O)C=C1CCN(S(=O)(=O)Nc2ccc(Nc3ccc(I)cc3Cl)c(F)c2F)CC1. The molecule has 3 rings (SSSR count). The number of carbonyl (C=O) groups is 1. The van der Waals surface area contributed by atoms with E-state index in [0.29, 0.717) is 16.3 Å². The van der Waals surface area contributed by atoms with Crippen molar-refractivity contribution in [1.29, 1.82) is 0 Å². The Balaban J connectivity index is 1.75. The highest BCUT2D eigenvalue weighted by atomic mass is 127. The van der Waals surface area contributed by atoms with Crippen LogP contribution in [-0.2, 0) is 15.0 Å². The predicted molar refractivity (Wildman–Crippen MR) is 123 cm³/mol. The Morgan fingerprint density at radius 1 is 1.10 bits per heavy atom. The monoisotopic (exact) mass is 583 g/mol. The first kappa shape index (κ1) is 23.7. The van der Waals surface area contributed by atoms with Crippen LogP contribution in [0.1, 0.15) is 12.8 Å². The molecule has 3 N–H and O–H groups in total. The highest BCUT2D eigenvalue weighted by Gasteiger charge is 2.27. The first-order chi connectivity index (χ1) is 14.6. The molecule has 2 aromatic carbocycles. The van der Waals surface area contributed by atoms with Crippen molar-refractivity contribution in [2.75, 3.05) is 23.1 Å². The van der Waals surface area contributed by atoms with Crippen molar-refractivity contribution >= 4 is 67.4 Å². The largest absolute Gasteiger partial charge is 0.478 e. The van der Waals surface area contributed by atoms with E-state index in [9.17, 15) is 22.0 Å². The average molecular weight is 584 g/mol. The van der Waals surface area contributed by atoms with Crippen LogP contribution in [0.15, 0.2) is 42.0 Å². The van der Waals surface area contributed by atoms with Gasteiger partial charge in [-0.2, -0.15) is 12.7 Å². The lowest BCUT2D eigenvalue weighted by atomic mass is 10.1. The lowest BCUT2D eigenvalue weighted by Gasteiger charge is -2.27. The minimum atomic E-state index is -4.15. The summed E-state index contributed by atoms with van der Waals surface area (Å²) < 4.78 is 58.2. The van der Waals surface area contributed by atoms with Gasteiger partial charge in [-0.3, -0.25) is 4.72 Å². The van der Waals surface area contributed by atoms with Crippen molar-refractivity contribution in [3.05, 3.63) is 62.2 Å². The molecular formula is C19H17ClF2IN3O4S. The molecule has 12 heteroatoms. The summed E-state index contributed by atoms with van der Waals surface area (Å²) in [7, 11) is -4.15. The van der Waals surface area contributed by atoms with Gasteiger partial charge < -0.3 is 10.4 Å². The van der Waals surface area contributed by atoms with Gasteiger partial charge >= 0.3 is 16.2 Å². The third-order valence-corrected chi connectivity index (χ3v) is 7.06. The number of hydrogen-bond acceptors (Lipinski definition) is 4. The maximum Gasteiger partial charge on any atom is 0.328 e. The number of hydrogen-bond donors (Lipinski definition) is 3. The summed E-state index contributed by atoms with van der Waals surface area (Å²) in [5, 5.41) is 11.8. The van der Waals surface area contributed by atoms with E-state index in [1.54, 1.807) is 18.2 Å². The number of benzene rings is 2. The van der Waals surface area contributed by atoms with Crippen LogP contribution in [0.4, 0.5) is 25.8 Å². The third kappa shape index (κ3) is 5.84. The van der Waals surface area contributed by atoms with E-state index in [1.807, 2.05) is 0 Å². The number of nitrogens with zero attached hydrogens (tertiary/aromatic N) is 1. The maximum absolute atomic E-state index is 14.6. The molecule has 1 fully saturated rings. The maximum atomic E-state index is 14.6. The number of carboxylic acids is 1. The highest BCUT2D eigenvalue weighted by Crippen LogP contribution is 2.31. The van der Waals surface area contributed by atoms with Crippen molar-refractivity contribution in [1.82, 2.24) is 4.31 Å². The molecule has 0 radical (unpaired) electrons. The number of carboxylic acid groups (broad SMARTS) is 1. The zero-order valence-corrected chi connectivity index (χ0v) is 19.6. The number of nitrogens with one attached hydrogen (secondary N) is 2. The minimum Gasteiger partial charge on any atom is -0.478 e. The van der Waals surface area contributed by atoms with Gasteiger partial charge in [-0.05, 0) is 65.8 Å². The molecule has 1 saturated heterocycles. The Morgan fingerprint density at radius 2 is 1.68 bits per heavy atom. The van der Waals surface area contributed by atoms with E-state index in [0.717, 1.165) is 20.0 Å². The molecule has 0 spiro atoms. The van der Waals surface area contributed by atoms with Crippen molar-refractivity contribution < 1.29 is 27.1 Å². The molecule has 0 amide bonds. The standard InChI is InChI=1S/C19H17ClF2IN3O4S/c20-13-10-12(23)1-2-14(13)24-15-3-4-16(19(22)18(15)21)25-31(29,30)26-7-5-11(6-8-26)9-17(27)28/h1-4,9-10,24-25H,5-8H2,(H,27,28). The summed E-state index contributed by atoms with van der Waals surface area (Å²) in [6.07, 6.45) is 1.53. The van der Waals surface area contributed by atoms with E-state index in [2.05, 4.69) is 32.6 Å². The number of rotatable bonds is 6. The molecule has 2 aromatic rings. The summed E-state index contributed by atoms with van der Waals surface area (Å²) in [5.41, 5.74) is 0.238. The van der Waals surface area contributed by atoms with Gasteiger partial charge in [-0.15, -0.1) is 0 Å². The normalized spacial score (nSPS) is 14.9. The lowest BCUT2D eigenvalue weighted by Crippen LogP contribution is -2.40. The summed E-state index contributed by atoms with van der Waals surface area (Å²) in [5.74, 6) is -3.72. The van der Waals surface area contributed by atoms with Gasteiger partial charge in [0.05, 0.1) is 22.1 Å².